The number of carboxylic acids is 1. The average Bonchev–Trinajstić information content (AvgIpc) is 3.76. The Morgan fingerprint density at radius 2 is 1.57 bits per heavy atom. The van der Waals surface area contributed by atoms with Gasteiger partial charge in [0.25, 0.3) is 11.8 Å². The summed E-state index contributed by atoms with van der Waals surface area (Å²) in [7, 11) is 0. The number of ether oxygens (including phenoxy) is 1. The molecule has 2 aromatic rings. The predicted octanol–water partition coefficient (Wildman–Crippen LogP) is -4.94. The highest BCUT2D eigenvalue weighted by molar-refractivity contribution is 5.96. The van der Waals surface area contributed by atoms with Crippen LogP contribution in [-0.2, 0) is 57.8 Å². The number of nitrogens with one attached hydrogen (secondary N) is 7. The summed E-state index contributed by atoms with van der Waals surface area (Å²) in [5.41, 5.74) is 14.2. The van der Waals surface area contributed by atoms with Gasteiger partial charge < -0.3 is 68.5 Å². The summed E-state index contributed by atoms with van der Waals surface area (Å²) in [5, 5.41) is 64.8. The summed E-state index contributed by atoms with van der Waals surface area (Å²) in [5.74, 6) is -6.74. The van der Waals surface area contributed by atoms with Crippen LogP contribution < -0.4 is 48.8 Å². The van der Waals surface area contributed by atoms with Crippen molar-refractivity contribution in [3.05, 3.63) is 47.8 Å². The number of rotatable bonds is 22. The largest absolute Gasteiger partial charge is 0.481 e. The van der Waals surface area contributed by atoms with Crippen molar-refractivity contribution in [2.75, 3.05) is 32.9 Å². The number of aliphatic imine (C=N–C) groups is 1. The third kappa shape index (κ3) is 18.2. The molecule has 27 nitrogen and oxygen atoms in total. The molecule has 69 heavy (non-hydrogen) atoms. The smallest absolute Gasteiger partial charge is 0.337 e. The number of urea groups is 1. The molecule has 0 aliphatic carbocycles. The Hall–Kier alpha value is -7.04. The van der Waals surface area contributed by atoms with E-state index in [4.69, 9.17) is 16.2 Å². The van der Waals surface area contributed by atoms with Crippen molar-refractivity contribution in [2.45, 2.75) is 120 Å². The molecule has 380 valence electrons. The Balaban J connectivity index is 1.43. The van der Waals surface area contributed by atoms with E-state index in [2.05, 4.69) is 52.6 Å². The number of aromatic nitrogens is 3. The molecule has 8 amide bonds. The van der Waals surface area contributed by atoms with E-state index in [1.807, 2.05) is 0 Å². The van der Waals surface area contributed by atoms with E-state index >= 15 is 0 Å². The maximum Gasteiger partial charge on any atom is 0.337 e. The zero-order valence-electron chi connectivity index (χ0n) is 37.6. The first-order valence-corrected chi connectivity index (χ1v) is 22.2. The van der Waals surface area contributed by atoms with Crippen LogP contribution in [0.4, 0.5) is 9.18 Å². The molecule has 2 fully saturated rings. The normalized spacial score (nSPS) is 23.7. The van der Waals surface area contributed by atoms with E-state index in [1.54, 1.807) is 30.3 Å². The van der Waals surface area contributed by atoms with E-state index in [0.717, 1.165) is 5.01 Å². The van der Waals surface area contributed by atoms with Gasteiger partial charge >= 0.3 is 12.0 Å². The topological polar surface area (TPSA) is 409 Å². The number of aliphatic carboxylic acids is 1. The summed E-state index contributed by atoms with van der Waals surface area (Å²) in [6.07, 6.45) is -6.65. The minimum absolute atomic E-state index is 0.0458. The van der Waals surface area contributed by atoms with Crippen LogP contribution in [0.2, 0.25) is 0 Å². The quantitative estimate of drug-likeness (QED) is 0.0299. The molecular weight excluding hydrogens is 915 g/mol. The second kappa shape index (κ2) is 27.7. The van der Waals surface area contributed by atoms with Crippen molar-refractivity contribution in [1.29, 1.82) is 0 Å². The number of aliphatic hydroxyl groups is 3. The zero-order valence-corrected chi connectivity index (χ0v) is 37.6. The predicted molar refractivity (Wildman–Crippen MR) is 237 cm³/mol. The number of hydrogen-bond acceptors (Lipinski definition) is 15. The minimum Gasteiger partial charge on any atom is -0.481 e. The van der Waals surface area contributed by atoms with Crippen LogP contribution in [0.25, 0.3) is 0 Å². The van der Waals surface area contributed by atoms with Gasteiger partial charge in [0.2, 0.25) is 23.6 Å². The Kier molecular flexibility index (Phi) is 21.9. The molecule has 4 rings (SSSR count). The number of benzene rings is 1. The number of amides is 8. The summed E-state index contributed by atoms with van der Waals surface area (Å²) < 4.78 is 19.4. The van der Waals surface area contributed by atoms with Crippen molar-refractivity contribution in [3.8, 4) is 0 Å². The molecule has 0 spiro atoms. The number of unbranched alkanes of at least 4 members (excludes halogenated alkanes) is 1. The second-order valence-electron chi connectivity index (χ2n) is 16.2. The Morgan fingerprint density at radius 3 is 2.28 bits per heavy atom. The van der Waals surface area contributed by atoms with Crippen LogP contribution in [0.1, 0.15) is 62.6 Å². The zero-order chi connectivity index (χ0) is 50.5. The van der Waals surface area contributed by atoms with Crippen molar-refractivity contribution >= 4 is 53.4 Å². The molecule has 0 bridgehead atoms. The molecule has 2 aliphatic rings. The number of nitrogens with zero attached hydrogens (tertiary/aromatic N) is 5. The molecule has 1 aromatic heterocycles. The fraction of sp³-hybridized carbons (Fsp3) is 0.585. The number of carboxylic acid groups (broad SMARTS) is 1. The summed E-state index contributed by atoms with van der Waals surface area (Å²) in [6.45, 7) is -1.81. The lowest BCUT2D eigenvalue weighted by Gasteiger charge is -2.40. The number of carbonyl (C=O) groups is 8. The van der Waals surface area contributed by atoms with Gasteiger partial charge in [-0.05, 0) is 56.9 Å². The van der Waals surface area contributed by atoms with E-state index in [9.17, 15) is 63.2 Å². The van der Waals surface area contributed by atoms with Gasteiger partial charge in [-0.1, -0.05) is 35.5 Å². The maximum absolute atomic E-state index is 14.0. The Bertz CT molecular complexity index is 2100. The van der Waals surface area contributed by atoms with Crippen LogP contribution in [0.15, 0.2) is 41.5 Å². The SMILES string of the molecule is NC(N)=NCCC[C@@H]1NC(=O)[C@H](CCCCNC(=O)[C@@H]2O[C@@H](CCNC(=O)Cn3cc(CCC[18F])nn3)[C@H](O)[C@H](O)[C@H]2O)NC(=O)N(Cc2ccccc2)NC(=O)[C@H](CC(=O)O)NC(=O)CNC1=O. The number of aryl methyl sites for hydroxylation is 1. The first-order chi connectivity index (χ1) is 32.9. The lowest BCUT2D eigenvalue weighted by molar-refractivity contribution is -0.221. The van der Waals surface area contributed by atoms with Crippen molar-refractivity contribution in [1.82, 2.24) is 57.3 Å². The standard InChI is InChI=1S/C41H61FN14O13/c42-14-6-10-24-21-55(54-52-24)22-30(58)45-17-13-28-32(61)33(62)34(63)35(69-28)39(67)46-15-5-4-11-26-37(65)50-25(12-7-16-47-40(43)44)36(64)48-19-29(57)49-27(18-31(59)60)38(66)53-56(41(68)51-26)20-23-8-2-1-3-9-23/h1-3,8-9,21,25-28,32-35,61-63H,4-7,10-20,22H2,(H,45,58)(H,46,67)(H,48,64)(H,49,57)(H,50,65)(H,51,68)(H,53,66)(H,59,60)(H4,43,44,47)/t25-,26-,27-,28-,32-,33-,34+,35+/m0/s1/i42-1. The van der Waals surface area contributed by atoms with Gasteiger partial charge in [-0.15, -0.1) is 5.10 Å². The molecule has 8 atom stereocenters. The van der Waals surface area contributed by atoms with Crippen LogP contribution in [0.3, 0.4) is 0 Å². The van der Waals surface area contributed by atoms with E-state index in [0.29, 0.717) is 17.7 Å². The van der Waals surface area contributed by atoms with Crippen molar-refractivity contribution in [2.24, 2.45) is 16.5 Å². The fourth-order valence-corrected chi connectivity index (χ4v) is 7.13. The minimum atomic E-state index is -1.84. The lowest BCUT2D eigenvalue weighted by Crippen LogP contribution is -2.61. The van der Waals surface area contributed by atoms with Gasteiger partial charge in [-0.2, -0.15) is 0 Å². The molecule has 28 heteroatoms. The molecule has 3 heterocycles. The summed E-state index contributed by atoms with van der Waals surface area (Å²) in [4.78, 5) is 109. The number of hydrogen-bond donors (Lipinski definition) is 13. The Morgan fingerprint density at radius 1 is 0.841 bits per heavy atom. The maximum atomic E-state index is 14.0. The monoisotopic (exact) mass is 975 g/mol. The molecule has 15 N–H and O–H groups in total. The highest BCUT2D eigenvalue weighted by Gasteiger charge is 2.46. The van der Waals surface area contributed by atoms with Crippen LogP contribution in [0.5, 0.6) is 0 Å². The molecule has 1 aromatic carbocycles. The van der Waals surface area contributed by atoms with Gasteiger partial charge in [0.05, 0.1) is 38.0 Å². The molecule has 2 aliphatic heterocycles. The van der Waals surface area contributed by atoms with Crippen LogP contribution >= 0.6 is 0 Å². The number of aliphatic hydroxyl groups excluding tert-OH is 3. The highest BCUT2D eigenvalue weighted by atomic mass is 18.2. The average molecular weight is 976 g/mol. The first kappa shape index (κ1) is 54.6. The molecule has 0 saturated carbocycles. The summed E-state index contributed by atoms with van der Waals surface area (Å²) in [6, 6.07) is 2.85. The van der Waals surface area contributed by atoms with Gasteiger partial charge in [-0.3, -0.25) is 48.4 Å². The molecule has 0 radical (unpaired) electrons. The number of guanidine groups is 1. The first-order valence-electron chi connectivity index (χ1n) is 22.2. The Labute approximate surface area is 394 Å². The van der Waals surface area contributed by atoms with E-state index in [1.165, 1.54) is 10.9 Å². The van der Waals surface area contributed by atoms with Crippen molar-refractivity contribution in [3.63, 3.8) is 0 Å². The number of hydrazine groups is 1. The van der Waals surface area contributed by atoms with Gasteiger partial charge in [0.1, 0.15) is 43.0 Å². The van der Waals surface area contributed by atoms with Gasteiger partial charge in [-0.25, -0.2) is 14.5 Å². The third-order valence-electron chi connectivity index (χ3n) is 10.7. The number of alkyl halides is 1. The fourth-order valence-electron chi connectivity index (χ4n) is 7.13. The number of carbonyl (C=O) groups excluding carboxylic acids is 7. The third-order valence-corrected chi connectivity index (χ3v) is 10.7. The van der Waals surface area contributed by atoms with Crippen molar-refractivity contribution < 1.29 is 67.9 Å². The molecular formula is C41H61FN14O13. The number of halogens is 1. The van der Waals surface area contributed by atoms with E-state index < -0.39 is 116 Å². The molecule has 0 unspecified atom stereocenters. The second-order valence-corrected chi connectivity index (χ2v) is 16.2. The van der Waals surface area contributed by atoms with Gasteiger partial charge in [0, 0.05) is 25.8 Å². The van der Waals surface area contributed by atoms with E-state index in [-0.39, 0.29) is 83.6 Å². The van der Waals surface area contributed by atoms with Crippen LogP contribution in [0, 0.1) is 0 Å². The number of nitrogens with two attached hydrogens (primary N) is 2. The van der Waals surface area contributed by atoms with Crippen LogP contribution in [-0.4, -0.2) is 175 Å². The molecule has 2 saturated heterocycles. The van der Waals surface area contributed by atoms with Gasteiger partial charge in [0.15, 0.2) is 12.1 Å². The summed E-state index contributed by atoms with van der Waals surface area (Å²) >= 11 is 0. The highest BCUT2D eigenvalue weighted by Crippen LogP contribution is 2.23. The lowest BCUT2D eigenvalue weighted by atomic mass is 9.93.